The molecule has 0 aliphatic rings. The summed E-state index contributed by atoms with van der Waals surface area (Å²) in [5.74, 6) is 1.38. The molecule has 5 heteroatoms. The van der Waals surface area contributed by atoms with Gasteiger partial charge in [-0.15, -0.1) is 0 Å². The number of halogens is 1. The van der Waals surface area contributed by atoms with Gasteiger partial charge >= 0.3 is 0 Å². The van der Waals surface area contributed by atoms with Gasteiger partial charge < -0.3 is 11.1 Å². The first-order valence-corrected chi connectivity index (χ1v) is 6.41. The van der Waals surface area contributed by atoms with E-state index in [1.54, 1.807) is 0 Å². The molecule has 1 heterocycles. The van der Waals surface area contributed by atoms with Gasteiger partial charge in [0.25, 0.3) is 0 Å². The molecule has 1 aromatic rings. The second-order valence-electron chi connectivity index (χ2n) is 4.81. The van der Waals surface area contributed by atoms with Crippen molar-refractivity contribution < 1.29 is 0 Å². The van der Waals surface area contributed by atoms with Gasteiger partial charge in [0.05, 0.1) is 11.9 Å². The topological polar surface area (TPSA) is 63.8 Å². The monoisotopic (exact) mass is 256 g/mol. The standard InChI is InChI=1S/C12H21ClN4/c1-8(2)5-4-6-9(3)16-11-10(14)7-15-12(13)17-11/h7-9H,4-6,14H2,1-3H3,(H,15,16,17). The fourth-order valence-corrected chi connectivity index (χ4v) is 1.76. The average Bonchev–Trinajstić information content (AvgIpc) is 2.23. The first kappa shape index (κ1) is 14.0. The van der Waals surface area contributed by atoms with Crippen LogP contribution in [0, 0.1) is 5.92 Å². The van der Waals surface area contributed by atoms with Crippen molar-refractivity contribution in [2.24, 2.45) is 5.92 Å². The fourth-order valence-electron chi connectivity index (χ4n) is 1.62. The molecule has 1 unspecified atom stereocenters. The summed E-state index contributed by atoms with van der Waals surface area (Å²) in [6.07, 6.45) is 5.06. The predicted octanol–water partition coefficient (Wildman–Crippen LogP) is 3.34. The first-order chi connectivity index (χ1) is 7.99. The highest BCUT2D eigenvalue weighted by molar-refractivity contribution is 6.28. The van der Waals surface area contributed by atoms with Crippen LogP contribution in [0.15, 0.2) is 6.20 Å². The molecule has 0 amide bonds. The van der Waals surface area contributed by atoms with Crippen LogP contribution in [0.5, 0.6) is 0 Å². The van der Waals surface area contributed by atoms with Gasteiger partial charge in [0.15, 0.2) is 5.82 Å². The van der Waals surface area contributed by atoms with Crippen LogP contribution >= 0.6 is 11.6 Å². The van der Waals surface area contributed by atoms with Gasteiger partial charge in [-0.3, -0.25) is 0 Å². The van der Waals surface area contributed by atoms with Crippen LogP contribution in [0.25, 0.3) is 0 Å². The lowest BCUT2D eigenvalue weighted by molar-refractivity contribution is 0.520. The molecule has 96 valence electrons. The molecule has 0 saturated carbocycles. The lowest BCUT2D eigenvalue weighted by Crippen LogP contribution is -2.17. The molecule has 0 aliphatic carbocycles. The molecule has 0 saturated heterocycles. The van der Waals surface area contributed by atoms with Gasteiger partial charge in [-0.1, -0.05) is 26.7 Å². The smallest absolute Gasteiger partial charge is 0.224 e. The van der Waals surface area contributed by atoms with Crippen LogP contribution in [-0.2, 0) is 0 Å². The Hall–Kier alpha value is -1.03. The number of nitrogens with two attached hydrogens (primary N) is 1. The van der Waals surface area contributed by atoms with Crippen molar-refractivity contribution in [1.29, 1.82) is 0 Å². The molecule has 0 spiro atoms. The molecule has 0 bridgehead atoms. The summed E-state index contributed by atoms with van der Waals surface area (Å²) >= 11 is 5.73. The van der Waals surface area contributed by atoms with E-state index in [0.717, 1.165) is 12.3 Å². The van der Waals surface area contributed by atoms with Gasteiger partial charge in [-0.25, -0.2) is 4.98 Å². The Labute approximate surface area is 108 Å². The van der Waals surface area contributed by atoms with E-state index >= 15 is 0 Å². The number of nitrogen functional groups attached to an aromatic ring is 1. The highest BCUT2D eigenvalue weighted by atomic mass is 35.5. The highest BCUT2D eigenvalue weighted by Gasteiger charge is 2.07. The lowest BCUT2D eigenvalue weighted by atomic mass is 10.0. The van der Waals surface area contributed by atoms with E-state index in [9.17, 15) is 0 Å². The van der Waals surface area contributed by atoms with Crippen LogP contribution in [0.2, 0.25) is 5.28 Å². The predicted molar refractivity (Wildman–Crippen MR) is 73.2 cm³/mol. The minimum absolute atomic E-state index is 0.219. The van der Waals surface area contributed by atoms with Gasteiger partial charge in [0, 0.05) is 6.04 Å². The average molecular weight is 257 g/mol. The molecule has 0 radical (unpaired) electrons. The van der Waals surface area contributed by atoms with E-state index in [2.05, 4.69) is 36.1 Å². The minimum atomic E-state index is 0.219. The molecule has 1 atom stereocenters. The summed E-state index contributed by atoms with van der Waals surface area (Å²) in [5, 5.41) is 3.48. The zero-order valence-electron chi connectivity index (χ0n) is 10.7. The molecule has 0 aliphatic heterocycles. The fraction of sp³-hybridized carbons (Fsp3) is 0.667. The summed E-state index contributed by atoms with van der Waals surface area (Å²) in [6.45, 7) is 6.59. The summed E-state index contributed by atoms with van der Waals surface area (Å²) in [4.78, 5) is 7.90. The van der Waals surface area contributed by atoms with Crippen molar-refractivity contribution in [3.05, 3.63) is 11.5 Å². The SMILES string of the molecule is CC(C)CCCC(C)Nc1nc(Cl)ncc1N. The van der Waals surface area contributed by atoms with Crippen LogP contribution in [0.3, 0.4) is 0 Å². The van der Waals surface area contributed by atoms with Gasteiger partial charge in [-0.05, 0) is 30.9 Å². The number of hydrogen-bond donors (Lipinski definition) is 2. The van der Waals surface area contributed by atoms with Crippen molar-refractivity contribution in [3.63, 3.8) is 0 Å². The molecule has 4 nitrogen and oxygen atoms in total. The third-order valence-corrected chi connectivity index (χ3v) is 2.77. The van der Waals surface area contributed by atoms with Crippen molar-refractivity contribution >= 4 is 23.1 Å². The Morgan fingerprint density at radius 1 is 1.35 bits per heavy atom. The molecular formula is C12H21ClN4. The van der Waals surface area contributed by atoms with Gasteiger partial charge in [0.1, 0.15) is 0 Å². The minimum Gasteiger partial charge on any atom is -0.394 e. The second kappa shape index (κ2) is 6.64. The van der Waals surface area contributed by atoms with Crippen LogP contribution in [0.1, 0.15) is 40.0 Å². The number of aromatic nitrogens is 2. The highest BCUT2D eigenvalue weighted by Crippen LogP contribution is 2.18. The molecule has 17 heavy (non-hydrogen) atoms. The molecule has 1 rings (SSSR count). The molecular weight excluding hydrogens is 236 g/mol. The normalized spacial score (nSPS) is 12.8. The molecule has 1 aromatic heterocycles. The summed E-state index contributed by atoms with van der Waals surface area (Å²) in [6, 6.07) is 0.335. The van der Waals surface area contributed by atoms with Crippen molar-refractivity contribution in [3.8, 4) is 0 Å². The summed E-state index contributed by atoms with van der Waals surface area (Å²) < 4.78 is 0. The third kappa shape index (κ3) is 5.22. The van der Waals surface area contributed by atoms with Crippen LogP contribution < -0.4 is 11.1 Å². The molecule has 0 fully saturated rings. The maximum Gasteiger partial charge on any atom is 0.224 e. The van der Waals surface area contributed by atoms with Crippen LogP contribution in [0.4, 0.5) is 11.5 Å². The Morgan fingerprint density at radius 3 is 2.71 bits per heavy atom. The third-order valence-electron chi connectivity index (χ3n) is 2.59. The van der Waals surface area contributed by atoms with E-state index < -0.39 is 0 Å². The Balaban J connectivity index is 2.44. The van der Waals surface area contributed by atoms with Crippen molar-refractivity contribution in [1.82, 2.24) is 9.97 Å². The number of nitrogens with one attached hydrogen (secondary N) is 1. The van der Waals surface area contributed by atoms with E-state index in [1.165, 1.54) is 19.0 Å². The quantitative estimate of drug-likeness (QED) is 0.767. The zero-order chi connectivity index (χ0) is 12.8. The number of hydrogen-bond acceptors (Lipinski definition) is 4. The van der Waals surface area contributed by atoms with E-state index in [-0.39, 0.29) is 5.28 Å². The van der Waals surface area contributed by atoms with Crippen LogP contribution in [-0.4, -0.2) is 16.0 Å². The Bertz CT molecular complexity index is 354. The lowest BCUT2D eigenvalue weighted by Gasteiger charge is -2.16. The summed E-state index contributed by atoms with van der Waals surface area (Å²) in [7, 11) is 0. The Kier molecular flexibility index (Phi) is 5.48. The maximum atomic E-state index is 5.77. The maximum absolute atomic E-state index is 5.77. The first-order valence-electron chi connectivity index (χ1n) is 6.03. The van der Waals surface area contributed by atoms with E-state index in [4.69, 9.17) is 17.3 Å². The summed E-state index contributed by atoms with van der Waals surface area (Å²) in [5.41, 5.74) is 6.30. The number of rotatable bonds is 6. The Morgan fingerprint density at radius 2 is 2.06 bits per heavy atom. The second-order valence-corrected chi connectivity index (χ2v) is 5.15. The van der Waals surface area contributed by atoms with Crippen molar-refractivity contribution in [2.75, 3.05) is 11.1 Å². The largest absolute Gasteiger partial charge is 0.394 e. The number of nitrogens with zero attached hydrogens (tertiary/aromatic N) is 2. The van der Waals surface area contributed by atoms with Gasteiger partial charge in [0.2, 0.25) is 5.28 Å². The van der Waals surface area contributed by atoms with Crippen molar-refractivity contribution in [2.45, 2.75) is 46.1 Å². The van der Waals surface area contributed by atoms with E-state index in [1.807, 2.05) is 0 Å². The zero-order valence-corrected chi connectivity index (χ0v) is 11.5. The van der Waals surface area contributed by atoms with Gasteiger partial charge in [-0.2, -0.15) is 4.98 Å². The molecule has 3 N–H and O–H groups in total. The molecule has 0 aromatic carbocycles. The number of anilines is 2. The van der Waals surface area contributed by atoms with E-state index in [0.29, 0.717) is 17.5 Å².